The van der Waals surface area contributed by atoms with E-state index in [9.17, 15) is 4.79 Å². The number of hydrogen-bond donors (Lipinski definition) is 1. The van der Waals surface area contributed by atoms with Crippen LogP contribution in [0.1, 0.15) is 43.0 Å². The van der Waals surface area contributed by atoms with E-state index in [4.69, 9.17) is 4.74 Å². The Morgan fingerprint density at radius 1 is 1.39 bits per heavy atom. The second-order valence-corrected chi connectivity index (χ2v) is 6.73. The van der Waals surface area contributed by atoms with E-state index in [2.05, 4.69) is 15.4 Å². The number of nitrogens with zero attached hydrogens (tertiary/aromatic N) is 3. The van der Waals surface area contributed by atoms with Crippen molar-refractivity contribution < 1.29 is 9.53 Å². The third-order valence-corrected chi connectivity index (χ3v) is 5.75. The summed E-state index contributed by atoms with van der Waals surface area (Å²) in [6.45, 7) is 2.79. The molecule has 1 amide bonds. The molecule has 0 unspecified atom stereocenters. The van der Waals surface area contributed by atoms with Gasteiger partial charge in [-0.2, -0.15) is 15.4 Å². The average Bonchev–Trinajstić information content (AvgIpc) is 2.95. The Labute approximate surface area is 135 Å². The molecule has 1 N–H and O–H groups in total. The number of ether oxygens (including phenoxy) is 1. The van der Waals surface area contributed by atoms with Crippen molar-refractivity contribution in [3.8, 4) is 0 Å². The summed E-state index contributed by atoms with van der Waals surface area (Å²) in [5.41, 5.74) is 2.37. The van der Waals surface area contributed by atoms with E-state index in [1.54, 1.807) is 0 Å². The standard InChI is InChI=1S/C17H22N4O2/c1-3-23-15-10-14(17(15)7-4-8-17)21(2)16(22)11-5-6-12-13(9-11)19-20-18-12/h5-6,9,14-15H,3-4,7-8,10H2,1-2H3,(H,18,19,20)/t14-,15+/m0/s1. The summed E-state index contributed by atoms with van der Waals surface area (Å²) >= 11 is 0. The maximum atomic E-state index is 12.9. The number of aromatic nitrogens is 3. The number of hydrogen-bond acceptors (Lipinski definition) is 4. The first-order chi connectivity index (χ1) is 11.2. The lowest BCUT2D eigenvalue weighted by atomic mass is 9.50. The molecule has 2 aromatic rings. The van der Waals surface area contributed by atoms with E-state index < -0.39 is 0 Å². The van der Waals surface area contributed by atoms with Crippen LogP contribution in [0, 0.1) is 5.41 Å². The summed E-state index contributed by atoms with van der Waals surface area (Å²) in [4.78, 5) is 14.8. The van der Waals surface area contributed by atoms with Crippen molar-refractivity contribution in [2.75, 3.05) is 13.7 Å². The van der Waals surface area contributed by atoms with Crippen molar-refractivity contribution >= 4 is 16.9 Å². The Morgan fingerprint density at radius 2 is 2.17 bits per heavy atom. The molecule has 122 valence electrons. The minimum absolute atomic E-state index is 0.0566. The fourth-order valence-corrected chi connectivity index (χ4v) is 4.26. The lowest BCUT2D eigenvalue weighted by Gasteiger charge is -2.63. The molecule has 0 bridgehead atoms. The first-order valence-corrected chi connectivity index (χ1v) is 8.35. The lowest BCUT2D eigenvalue weighted by Crippen LogP contribution is -2.67. The second-order valence-electron chi connectivity index (χ2n) is 6.73. The molecule has 23 heavy (non-hydrogen) atoms. The highest BCUT2D eigenvalue weighted by molar-refractivity contribution is 5.97. The summed E-state index contributed by atoms with van der Waals surface area (Å²) in [6, 6.07) is 5.76. The van der Waals surface area contributed by atoms with E-state index in [1.165, 1.54) is 19.3 Å². The molecule has 6 heteroatoms. The van der Waals surface area contributed by atoms with Crippen LogP contribution in [0.2, 0.25) is 0 Å². The van der Waals surface area contributed by atoms with Gasteiger partial charge in [0.2, 0.25) is 0 Å². The van der Waals surface area contributed by atoms with Crippen LogP contribution in [0.3, 0.4) is 0 Å². The van der Waals surface area contributed by atoms with Crippen LogP contribution >= 0.6 is 0 Å². The quantitative estimate of drug-likeness (QED) is 0.940. The van der Waals surface area contributed by atoms with E-state index in [1.807, 2.05) is 37.1 Å². The smallest absolute Gasteiger partial charge is 0.253 e. The number of rotatable bonds is 4. The summed E-state index contributed by atoms with van der Waals surface area (Å²) in [6.07, 6.45) is 4.85. The van der Waals surface area contributed by atoms with Crippen LogP contribution < -0.4 is 0 Å². The molecule has 0 saturated heterocycles. The van der Waals surface area contributed by atoms with Crippen LogP contribution in [-0.2, 0) is 4.74 Å². The molecular weight excluding hydrogens is 292 g/mol. The molecule has 2 aliphatic carbocycles. The van der Waals surface area contributed by atoms with Crippen LogP contribution in [0.4, 0.5) is 0 Å². The number of carbonyl (C=O) groups excluding carboxylic acids is 1. The Balaban J connectivity index is 1.54. The largest absolute Gasteiger partial charge is 0.378 e. The number of amides is 1. The van der Waals surface area contributed by atoms with Crippen molar-refractivity contribution in [2.24, 2.45) is 5.41 Å². The van der Waals surface area contributed by atoms with Gasteiger partial charge in [0.1, 0.15) is 11.0 Å². The van der Waals surface area contributed by atoms with E-state index in [0.29, 0.717) is 11.7 Å². The van der Waals surface area contributed by atoms with Crippen LogP contribution in [0.5, 0.6) is 0 Å². The third-order valence-electron chi connectivity index (χ3n) is 5.75. The van der Waals surface area contributed by atoms with Gasteiger partial charge in [0.25, 0.3) is 5.91 Å². The van der Waals surface area contributed by atoms with Gasteiger partial charge in [-0.3, -0.25) is 4.79 Å². The highest BCUT2D eigenvalue weighted by atomic mass is 16.5. The van der Waals surface area contributed by atoms with Crippen molar-refractivity contribution in [3.05, 3.63) is 23.8 Å². The van der Waals surface area contributed by atoms with Gasteiger partial charge < -0.3 is 9.64 Å². The zero-order valence-electron chi connectivity index (χ0n) is 13.6. The molecule has 2 saturated carbocycles. The number of carbonyl (C=O) groups is 1. The van der Waals surface area contributed by atoms with Gasteiger partial charge in [-0.1, -0.05) is 6.42 Å². The Hall–Kier alpha value is -1.95. The number of aromatic amines is 1. The highest BCUT2D eigenvalue weighted by Crippen LogP contribution is 2.59. The zero-order valence-corrected chi connectivity index (χ0v) is 13.6. The van der Waals surface area contributed by atoms with E-state index >= 15 is 0 Å². The molecule has 2 atom stereocenters. The Bertz CT molecular complexity index is 737. The molecular formula is C17H22N4O2. The Kier molecular flexibility index (Phi) is 3.37. The molecule has 1 aromatic heterocycles. The highest BCUT2D eigenvalue weighted by Gasteiger charge is 2.60. The molecule has 2 fully saturated rings. The predicted octanol–water partition coefficient (Wildman–Crippen LogP) is 2.38. The van der Waals surface area contributed by atoms with Crippen molar-refractivity contribution in [2.45, 2.75) is 44.8 Å². The van der Waals surface area contributed by atoms with Crippen molar-refractivity contribution in [3.63, 3.8) is 0 Å². The summed E-state index contributed by atoms with van der Waals surface area (Å²) in [5.74, 6) is 0.0566. The monoisotopic (exact) mass is 314 g/mol. The van der Waals surface area contributed by atoms with Gasteiger partial charge >= 0.3 is 0 Å². The van der Waals surface area contributed by atoms with Gasteiger partial charge in [0.05, 0.1) is 6.10 Å². The summed E-state index contributed by atoms with van der Waals surface area (Å²) in [5, 5.41) is 10.7. The SMILES string of the molecule is CCO[C@@H]1C[C@H](N(C)C(=O)c2ccc3n[nH]nc3c2)C12CCC2. The number of fused-ring (bicyclic) bond motifs is 1. The predicted molar refractivity (Wildman–Crippen MR) is 86.1 cm³/mol. The molecule has 0 radical (unpaired) electrons. The van der Waals surface area contributed by atoms with Crippen LogP contribution in [0.15, 0.2) is 18.2 Å². The fourth-order valence-electron chi connectivity index (χ4n) is 4.26. The first kappa shape index (κ1) is 14.6. The molecule has 4 rings (SSSR count). The molecule has 1 aromatic carbocycles. The van der Waals surface area contributed by atoms with Gasteiger partial charge in [0.15, 0.2) is 0 Å². The lowest BCUT2D eigenvalue weighted by molar-refractivity contribution is -0.192. The summed E-state index contributed by atoms with van der Waals surface area (Å²) in [7, 11) is 1.92. The normalized spacial score (nSPS) is 25.1. The average molecular weight is 314 g/mol. The Morgan fingerprint density at radius 3 is 2.87 bits per heavy atom. The second kappa shape index (κ2) is 5.30. The minimum Gasteiger partial charge on any atom is -0.378 e. The van der Waals surface area contributed by atoms with Crippen molar-refractivity contribution in [1.82, 2.24) is 20.3 Å². The third kappa shape index (κ3) is 2.08. The molecule has 1 heterocycles. The topological polar surface area (TPSA) is 71.1 Å². The minimum atomic E-state index is 0.0566. The van der Waals surface area contributed by atoms with Gasteiger partial charge in [-0.05, 0) is 44.4 Å². The molecule has 0 aliphatic heterocycles. The van der Waals surface area contributed by atoms with Crippen LogP contribution in [-0.4, -0.2) is 52.0 Å². The maximum absolute atomic E-state index is 12.9. The summed E-state index contributed by atoms with van der Waals surface area (Å²) < 4.78 is 5.89. The first-order valence-electron chi connectivity index (χ1n) is 8.35. The molecule has 6 nitrogen and oxygen atoms in total. The van der Waals surface area contributed by atoms with Gasteiger partial charge in [0, 0.05) is 30.7 Å². The molecule has 1 spiro atoms. The fraction of sp³-hybridized carbons (Fsp3) is 0.588. The van der Waals surface area contributed by atoms with Gasteiger partial charge in [-0.25, -0.2) is 0 Å². The number of H-pyrrole nitrogens is 1. The number of nitrogens with one attached hydrogen (secondary N) is 1. The van der Waals surface area contributed by atoms with Crippen LogP contribution in [0.25, 0.3) is 11.0 Å². The van der Waals surface area contributed by atoms with E-state index in [-0.39, 0.29) is 17.4 Å². The van der Waals surface area contributed by atoms with Gasteiger partial charge in [-0.15, -0.1) is 0 Å². The molecule has 2 aliphatic rings. The van der Waals surface area contributed by atoms with E-state index in [0.717, 1.165) is 24.1 Å². The number of benzene rings is 1. The maximum Gasteiger partial charge on any atom is 0.253 e. The van der Waals surface area contributed by atoms with Crippen molar-refractivity contribution in [1.29, 1.82) is 0 Å². The zero-order chi connectivity index (χ0) is 16.0.